The van der Waals surface area contributed by atoms with Crippen LogP contribution in [0.3, 0.4) is 0 Å². The maximum absolute atomic E-state index is 4.60. The van der Waals surface area contributed by atoms with E-state index in [-0.39, 0.29) is 0 Å². The van der Waals surface area contributed by atoms with E-state index in [1.807, 2.05) is 13.0 Å². The largest absolute Gasteiger partial charge is 0.356 e. The number of hydrogen-bond acceptors (Lipinski definition) is 4. The summed E-state index contributed by atoms with van der Waals surface area (Å²) in [5.41, 5.74) is 2.26. The topological polar surface area (TPSA) is 41.1 Å². The van der Waals surface area contributed by atoms with E-state index in [0.29, 0.717) is 0 Å². The Labute approximate surface area is 140 Å². The number of halogens is 1. The average molecular weight is 361 g/mol. The molecule has 1 aromatic heterocycles. The third-order valence-corrected chi connectivity index (χ3v) is 4.45. The summed E-state index contributed by atoms with van der Waals surface area (Å²) >= 11 is 3.50. The highest BCUT2D eigenvalue weighted by atomic mass is 79.9. The lowest BCUT2D eigenvalue weighted by Gasteiger charge is -2.28. The van der Waals surface area contributed by atoms with Gasteiger partial charge in [-0.1, -0.05) is 15.9 Å². The molecule has 0 radical (unpaired) electrons. The molecule has 0 amide bonds. The molecular weight excluding hydrogens is 340 g/mol. The first-order chi connectivity index (χ1) is 10.6. The molecule has 1 aliphatic heterocycles. The first-order valence-electron chi connectivity index (χ1n) is 7.75. The van der Waals surface area contributed by atoms with Gasteiger partial charge in [-0.05, 0) is 56.9 Å². The van der Waals surface area contributed by atoms with Gasteiger partial charge in [-0.3, -0.25) is 0 Å². The second-order valence-electron chi connectivity index (χ2n) is 5.79. The van der Waals surface area contributed by atoms with Crippen LogP contribution >= 0.6 is 15.9 Å². The van der Waals surface area contributed by atoms with Crippen molar-refractivity contribution in [2.45, 2.75) is 33.1 Å². The summed E-state index contributed by atoms with van der Waals surface area (Å²) in [6.07, 6.45) is 3.82. The number of anilines is 3. The van der Waals surface area contributed by atoms with Crippen LogP contribution in [0.15, 0.2) is 28.7 Å². The van der Waals surface area contributed by atoms with Crippen molar-refractivity contribution in [3.05, 3.63) is 40.1 Å². The molecule has 0 atom stereocenters. The molecule has 0 bridgehead atoms. The molecule has 0 unspecified atom stereocenters. The van der Waals surface area contributed by atoms with Gasteiger partial charge in [0.2, 0.25) is 0 Å². The van der Waals surface area contributed by atoms with Crippen molar-refractivity contribution >= 4 is 33.3 Å². The van der Waals surface area contributed by atoms with Gasteiger partial charge in [-0.15, -0.1) is 0 Å². The fraction of sp³-hybridized carbons (Fsp3) is 0.412. The average Bonchev–Trinajstić information content (AvgIpc) is 2.50. The van der Waals surface area contributed by atoms with Crippen molar-refractivity contribution in [2.24, 2.45) is 0 Å². The maximum Gasteiger partial charge on any atom is 0.136 e. The summed E-state index contributed by atoms with van der Waals surface area (Å²) in [6.45, 7) is 6.22. The van der Waals surface area contributed by atoms with Crippen molar-refractivity contribution in [3.8, 4) is 0 Å². The predicted octanol–water partition coefficient (Wildman–Crippen LogP) is 4.59. The van der Waals surface area contributed by atoms with Crippen LogP contribution in [-0.4, -0.2) is 23.1 Å². The lowest BCUT2D eigenvalue weighted by atomic mass is 10.1. The van der Waals surface area contributed by atoms with E-state index in [9.17, 15) is 0 Å². The zero-order valence-electron chi connectivity index (χ0n) is 13.1. The summed E-state index contributed by atoms with van der Waals surface area (Å²) in [5, 5.41) is 3.42. The van der Waals surface area contributed by atoms with E-state index in [4.69, 9.17) is 0 Å². The lowest BCUT2D eigenvalue weighted by Crippen LogP contribution is -2.30. The van der Waals surface area contributed by atoms with Crippen molar-refractivity contribution in [1.29, 1.82) is 0 Å². The minimum Gasteiger partial charge on any atom is -0.356 e. The summed E-state index contributed by atoms with van der Waals surface area (Å²) < 4.78 is 1.09. The Bertz CT molecular complexity index is 666. The Kier molecular flexibility index (Phi) is 4.62. The Hall–Kier alpha value is -1.62. The van der Waals surface area contributed by atoms with Crippen LogP contribution in [0.25, 0.3) is 0 Å². The van der Waals surface area contributed by atoms with Gasteiger partial charge in [0.05, 0.1) is 0 Å². The van der Waals surface area contributed by atoms with Crippen LogP contribution in [0.5, 0.6) is 0 Å². The Morgan fingerprint density at radius 2 is 1.82 bits per heavy atom. The maximum atomic E-state index is 4.60. The smallest absolute Gasteiger partial charge is 0.136 e. The molecule has 1 aliphatic rings. The first kappa shape index (κ1) is 15.3. The molecule has 2 heterocycles. The fourth-order valence-electron chi connectivity index (χ4n) is 2.81. The first-order valence-corrected chi connectivity index (χ1v) is 8.55. The number of nitrogens with one attached hydrogen (secondary N) is 1. The minimum absolute atomic E-state index is 0.806. The third-order valence-electron chi connectivity index (χ3n) is 3.96. The van der Waals surface area contributed by atoms with Gasteiger partial charge in [0.1, 0.15) is 17.5 Å². The molecule has 0 saturated carbocycles. The predicted molar refractivity (Wildman–Crippen MR) is 95.0 cm³/mol. The molecule has 0 aliphatic carbocycles. The van der Waals surface area contributed by atoms with Gasteiger partial charge in [-0.25, -0.2) is 9.97 Å². The summed E-state index contributed by atoms with van der Waals surface area (Å²) in [4.78, 5) is 11.5. The van der Waals surface area contributed by atoms with Crippen molar-refractivity contribution in [3.63, 3.8) is 0 Å². The van der Waals surface area contributed by atoms with E-state index in [1.54, 1.807) is 0 Å². The van der Waals surface area contributed by atoms with Crippen molar-refractivity contribution in [1.82, 2.24) is 9.97 Å². The molecule has 2 aromatic rings. The Morgan fingerprint density at radius 3 is 2.55 bits per heavy atom. The SMILES string of the molecule is Cc1nc(Nc2ccc(Br)cc2C)cc(N2CCCCC2)n1. The molecule has 1 aromatic carbocycles. The number of rotatable bonds is 3. The van der Waals surface area contributed by atoms with E-state index in [2.05, 4.69) is 61.2 Å². The number of benzene rings is 1. The normalized spacial score (nSPS) is 15.0. The summed E-state index contributed by atoms with van der Waals surface area (Å²) in [7, 11) is 0. The van der Waals surface area contributed by atoms with Gasteiger partial charge in [-0.2, -0.15) is 0 Å². The molecular formula is C17H21BrN4. The molecule has 4 nitrogen and oxygen atoms in total. The summed E-state index contributed by atoms with van der Waals surface area (Å²) in [6, 6.07) is 8.26. The molecule has 5 heteroatoms. The number of piperidine rings is 1. The highest BCUT2D eigenvalue weighted by molar-refractivity contribution is 9.10. The Morgan fingerprint density at radius 1 is 1.05 bits per heavy atom. The highest BCUT2D eigenvalue weighted by Crippen LogP contribution is 2.25. The molecule has 1 fully saturated rings. The molecule has 1 N–H and O–H groups in total. The van der Waals surface area contributed by atoms with Gasteiger partial charge < -0.3 is 10.2 Å². The Balaban J connectivity index is 1.85. The van der Waals surface area contributed by atoms with Crippen LogP contribution in [-0.2, 0) is 0 Å². The minimum atomic E-state index is 0.806. The molecule has 22 heavy (non-hydrogen) atoms. The van der Waals surface area contributed by atoms with E-state index in [1.165, 1.54) is 24.8 Å². The number of hydrogen-bond donors (Lipinski definition) is 1. The van der Waals surface area contributed by atoms with Crippen LogP contribution < -0.4 is 10.2 Å². The second kappa shape index (κ2) is 6.65. The van der Waals surface area contributed by atoms with Crippen molar-refractivity contribution in [2.75, 3.05) is 23.3 Å². The number of aromatic nitrogens is 2. The van der Waals surface area contributed by atoms with Gasteiger partial charge in [0.15, 0.2) is 0 Å². The zero-order valence-corrected chi connectivity index (χ0v) is 14.7. The van der Waals surface area contributed by atoms with Crippen LogP contribution in [0.2, 0.25) is 0 Å². The number of aryl methyl sites for hydroxylation is 2. The van der Waals surface area contributed by atoms with Gasteiger partial charge >= 0.3 is 0 Å². The lowest BCUT2D eigenvalue weighted by molar-refractivity contribution is 0.572. The molecule has 3 rings (SSSR count). The van der Waals surface area contributed by atoms with Gasteiger partial charge in [0.25, 0.3) is 0 Å². The second-order valence-corrected chi connectivity index (χ2v) is 6.71. The molecule has 0 spiro atoms. The van der Waals surface area contributed by atoms with Gasteiger partial charge in [0, 0.05) is 29.3 Å². The van der Waals surface area contributed by atoms with E-state index in [0.717, 1.165) is 40.7 Å². The van der Waals surface area contributed by atoms with Crippen LogP contribution in [0.1, 0.15) is 30.7 Å². The van der Waals surface area contributed by atoms with E-state index < -0.39 is 0 Å². The quantitative estimate of drug-likeness (QED) is 0.868. The molecule has 1 saturated heterocycles. The summed E-state index contributed by atoms with van der Waals surface area (Å²) in [5.74, 6) is 2.70. The van der Waals surface area contributed by atoms with Crippen LogP contribution in [0.4, 0.5) is 17.3 Å². The number of nitrogens with zero attached hydrogens (tertiary/aromatic N) is 3. The highest BCUT2D eigenvalue weighted by Gasteiger charge is 2.14. The zero-order chi connectivity index (χ0) is 15.5. The standard InChI is InChI=1S/C17H21BrN4/c1-12-10-14(18)6-7-15(12)21-16-11-17(20-13(2)19-16)22-8-4-3-5-9-22/h6-7,10-11H,3-5,8-9H2,1-2H3,(H,19,20,21). The fourth-order valence-corrected chi connectivity index (χ4v) is 3.28. The molecule has 116 valence electrons. The monoisotopic (exact) mass is 360 g/mol. The third kappa shape index (κ3) is 3.58. The van der Waals surface area contributed by atoms with Crippen LogP contribution in [0, 0.1) is 13.8 Å². The van der Waals surface area contributed by atoms with Crippen molar-refractivity contribution < 1.29 is 0 Å². The van der Waals surface area contributed by atoms with E-state index >= 15 is 0 Å².